The van der Waals surface area contributed by atoms with E-state index in [0.29, 0.717) is 23.8 Å². The van der Waals surface area contributed by atoms with Crippen LogP contribution in [0.4, 0.5) is 5.69 Å². The zero-order valence-corrected chi connectivity index (χ0v) is 19.1. The Bertz CT molecular complexity index is 1030. The molecular formula is C24H23BrN2O4. The summed E-state index contributed by atoms with van der Waals surface area (Å²) in [6.07, 6.45) is 4.95. The van der Waals surface area contributed by atoms with E-state index in [1.807, 2.05) is 42.5 Å². The molecule has 1 aromatic heterocycles. The van der Waals surface area contributed by atoms with Crippen LogP contribution in [0.1, 0.15) is 11.3 Å². The van der Waals surface area contributed by atoms with Crippen molar-refractivity contribution < 1.29 is 19.0 Å². The lowest BCUT2D eigenvalue weighted by atomic mass is 10.1. The molecule has 0 unspecified atom stereocenters. The van der Waals surface area contributed by atoms with Crippen molar-refractivity contribution in [2.24, 2.45) is 0 Å². The molecule has 0 fully saturated rings. The predicted molar refractivity (Wildman–Crippen MR) is 125 cm³/mol. The van der Waals surface area contributed by atoms with Crippen LogP contribution in [0, 0.1) is 0 Å². The Hall–Kier alpha value is -3.32. The van der Waals surface area contributed by atoms with Crippen molar-refractivity contribution in [3.05, 3.63) is 82.6 Å². The minimum Gasteiger partial charge on any atom is -0.493 e. The van der Waals surface area contributed by atoms with E-state index in [9.17, 15) is 4.79 Å². The number of ether oxygens (including phenoxy) is 3. The second kappa shape index (κ2) is 10.6. The van der Waals surface area contributed by atoms with Crippen LogP contribution >= 0.6 is 15.9 Å². The van der Waals surface area contributed by atoms with E-state index in [1.165, 1.54) is 6.08 Å². The number of anilines is 1. The number of methoxy groups -OCH3 is 3. The number of pyridine rings is 1. The molecule has 6 nitrogen and oxygen atoms in total. The van der Waals surface area contributed by atoms with Crippen LogP contribution in [0.25, 0.3) is 6.08 Å². The predicted octanol–water partition coefficient (Wildman–Crippen LogP) is 5.12. The van der Waals surface area contributed by atoms with Crippen molar-refractivity contribution >= 4 is 33.6 Å². The Morgan fingerprint density at radius 1 is 1.00 bits per heavy atom. The van der Waals surface area contributed by atoms with Gasteiger partial charge in [0, 0.05) is 22.4 Å². The van der Waals surface area contributed by atoms with Crippen LogP contribution in [0.15, 0.2) is 71.3 Å². The fraction of sp³-hybridized carbons (Fsp3) is 0.167. The lowest BCUT2D eigenvalue weighted by molar-refractivity contribution is -0.114. The topological polar surface area (TPSA) is 60.9 Å². The van der Waals surface area contributed by atoms with Crippen molar-refractivity contribution in [3.8, 4) is 17.2 Å². The van der Waals surface area contributed by atoms with E-state index in [2.05, 4.69) is 20.9 Å². The molecule has 0 aliphatic heterocycles. The summed E-state index contributed by atoms with van der Waals surface area (Å²) in [6, 6.07) is 16.8. The van der Waals surface area contributed by atoms with Crippen LogP contribution < -0.4 is 19.1 Å². The number of carbonyl (C=O) groups excluding carboxylic acids is 1. The zero-order chi connectivity index (χ0) is 22.2. The molecule has 2 aromatic carbocycles. The Morgan fingerprint density at radius 3 is 2.23 bits per heavy atom. The standard InChI is InChI=1S/C24H23BrN2O4/c1-29-21-14-17(15-22(30-2)24(21)31-3)7-12-23(28)27(16-19-6-4-5-13-26-19)20-10-8-18(25)9-11-20/h4-15H,16H2,1-3H3/b12-7+. The first-order valence-corrected chi connectivity index (χ1v) is 10.3. The number of rotatable bonds is 8. The SMILES string of the molecule is COc1cc(/C=C/C(=O)N(Cc2ccccn2)c2ccc(Br)cc2)cc(OC)c1OC. The molecule has 0 aliphatic rings. The van der Waals surface area contributed by atoms with Crippen LogP contribution in [-0.4, -0.2) is 32.2 Å². The minimum absolute atomic E-state index is 0.179. The fourth-order valence-corrected chi connectivity index (χ4v) is 3.29. The van der Waals surface area contributed by atoms with Crippen molar-refractivity contribution in [1.82, 2.24) is 4.98 Å². The normalized spacial score (nSPS) is 10.7. The van der Waals surface area contributed by atoms with Gasteiger partial charge in [-0.1, -0.05) is 22.0 Å². The zero-order valence-electron chi connectivity index (χ0n) is 17.5. The number of hydrogen-bond acceptors (Lipinski definition) is 5. The van der Waals surface area contributed by atoms with E-state index in [-0.39, 0.29) is 5.91 Å². The molecule has 3 aromatic rings. The quantitative estimate of drug-likeness (QED) is 0.417. The number of amides is 1. The van der Waals surface area contributed by atoms with E-state index >= 15 is 0 Å². The van der Waals surface area contributed by atoms with Crippen molar-refractivity contribution in [1.29, 1.82) is 0 Å². The highest BCUT2D eigenvalue weighted by atomic mass is 79.9. The van der Waals surface area contributed by atoms with Crippen LogP contribution in [0.3, 0.4) is 0 Å². The summed E-state index contributed by atoms with van der Waals surface area (Å²) in [4.78, 5) is 19.2. The largest absolute Gasteiger partial charge is 0.493 e. The molecule has 0 spiro atoms. The van der Waals surface area contributed by atoms with Gasteiger partial charge in [0.05, 0.1) is 33.6 Å². The van der Waals surface area contributed by atoms with Gasteiger partial charge in [-0.2, -0.15) is 0 Å². The molecule has 31 heavy (non-hydrogen) atoms. The summed E-state index contributed by atoms with van der Waals surface area (Å²) in [5, 5.41) is 0. The molecule has 0 saturated carbocycles. The molecule has 0 bridgehead atoms. The second-order valence-corrected chi connectivity index (χ2v) is 7.43. The van der Waals surface area contributed by atoms with E-state index < -0.39 is 0 Å². The van der Waals surface area contributed by atoms with Crippen LogP contribution in [-0.2, 0) is 11.3 Å². The molecular weight excluding hydrogens is 460 g/mol. The maximum atomic E-state index is 13.2. The molecule has 1 heterocycles. The summed E-state index contributed by atoms with van der Waals surface area (Å²) in [5.41, 5.74) is 2.31. The van der Waals surface area contributed by atoms with Crippen LogP contribution in [0.2, 0.25) is 0 Å². The number of nitrogens with zero attached hydrogens (tertiary/aromatic N) is 2. The molecule has 1 amide bonds. The Balaban J connectivity index is 1.91. The van der Waals surface area contributed by atoms with Gasteiger partial charge >= 0.3 is 0 Å². The molecule has 0 aliphatic carbocycles. The van der Waals surface area contributed by atoms with Gasteiger partial charge in [0.25, 0.3) is 5.91 Å². The monoisotopic (exact) mass is 482 g/mol. The molecule has 0 saturated heterocycles. The van der Waals surface area contributed by atoms with Crippen molar-refractivity contribution in [3.63, 3.8) is 0 Å². The van der Waals surface area contributed by atoms with Gasteiger partial charge in [-0.3, -0.25) is 9.78 Å². The summed E-state index contributed by atoms with van der Waals surface area (Å²) < 4.78 is 17.1. The van der Waals surface area contributed by atoms with E-state index in [4.69, 9.17) is 14.2 Å². The summed E-state index contributed by atoms with van der Waals surface area (Å²) in [5.74, 6) is 1.36. The van der Waals surface area contributed by atoms with Gasteiger partial charge in [0.15, 0.2) is 11.5 Å². The maximum absolute atomic E-state index is 13.2. The first-order chi connectivity index (χ1) is 15.0. The van der Waals surface area contributed by atoms with Crippen LogP contribution in [0.5, 0.6) is 17.2 Å². The number of benzene rings is 2. The molecule has 0 atom stereocenters. The molecule has 3 rings (SSSR count). The average molecular weight is 483 g/mol. The third-order valence-electron chi connectivity index (χ3n) is 4.56. The molecule has 0 N–H and O–H groups in total. The summed E-state index contributed by atoms with van der Waals surface area (Å²) in [6.45, 7) is 0.348. The van der Waals surface area contributed by atoms with E-state index in [1.54, 1.807) is 50.6 Å². The second-order valence-electron chi connectivity index (χ2n) is 6.51. The minimum atomic E-state index is -0.179. The summed E-state index contributed by atoms with van der Waals surface area (Å²) >= 11 is 3.43. The Morgan fingerprint density at radius 2 is 1.68 bits per heavy atom. The van der Waals surface area contributed by atoms with Gasteiger partial charge in [-0.25, -0.2) is 0 Å². The van der Waals surface area contributed by atoms with Crippen molar-refractivity contribution in [2.45, 2.75) is 6.54 Å². The smallest absolute Gasteiger partial charge is 0.251 e. The van der Waals surface area contributed by atoms with Gasteiger partial charge in [-0.15, -0.1) is 0 Å². The maximum Gasteiger partial charge on any atom is 0.251 e. The number of carbonyl (C=O) groups is 1. The van der Waals surface area contributed by atoms with Crippen molar-refractivity contribution in [2.75, 3.05) is 26.2 Å². The lowest BCUT2D eigenvalue weighted by Gasteiger charge is -2.21. The van der Waals surface area contributed by atoms with Gasteiger partial charge in [0.1, 0.15) is 0 Å². The highest BCUT2D eigenvalue weighted by Crippen LogP contribution is 2.38. The highest BCUT2D eigenvalue weighted by molar-refractivity contribution is 9.10. The average Bonchev–Trinajstić information content (AvgIpc) is 2.81. The summed E-state index contributed by atoms with van der Waals surface area (Å²) in [7, 11) is 4.66. The molecule has 160 valence electrons. The lowest BCUT2D eigenvalue weighted by Crippen LogP contribution is -2.29. The highest BCUT2D eigenvalue weighted by Gasteiger charge is 2.16. The van der Waals surface area contributed by atoms with E-state index in [0.717, 1.165) is 21.4 Å². The van der Waals surface area contributed by atoms with Gasteiger partial charge < -0.3 is 19.1 Å². The Kier molecular flexibility index (Phi) is 7.67. The first kappa shape index (κ1) is 22.4. The fourth-order valence-electron chi connectivity index (χ4n) is 3.03. The molecule has 7 heteroatoms. The third kappa shape index (κ3) is 5.64. The third-order valence-corrected chi connectivity index (χ3v) is 5.08. The molecule has 0 radical (unpaired) electrons. The first-order valence-electron chi connectivity index (χ1n) is 9.50. The van der Waals surface area contributed by atoms with Gasteiger partial charge in [-0.05, 0) is 60.2 Å². The number of aromatic nitrogens is 1. The number of halogens is 1. The van der Waals surface area contributed by atoms with Gasteiger partial charge in [0.2, 0.25) is 5.75 Å². The Labute approximate surface area is 190 Å². The number of hydrogen-bond donors (Lipinski definition) is 0.